The summed E-state index contributed by atoms with van der Waals surface area (Å²) in [6.45, 7) is 4.18. The predicted molar refractivity (Wildman–Crippen MR) is 71.9 cm³/mol. The summed E-state index contributed by atoms with van der Waals surface area (Å²) in [6.07, 6.45) is 1.01. The summed E-state index contributed by atoms with van der Waals surface area (Å²) in [5.41, 5.74) is 3.31. The summed E-state index contributed by atoms with van der Waals surface area (Å²) in [4.78, 5) is 4.58. The van der Waals surface area contributed by atoms with Gasteiger partial charge in [0.1, 0.15) is 11.3 Å². The third kappa shape index (κ3) is 2.83. The highest BCUT2D eigenvalue weighted by molar-refractivity contribution is 6.28. The van der Waals surface area contributed by atoms with E-state index in [9.17, 15) is 0 Å². The van der Waals surface area contributed by atoms with Gasteiger partial charge in [0, 0.05) is 11.1 Å². The second kappa shape index (κ2) is 5.87. The summed E-state index contributed by atoms with van der Waals surface area (Å²) in [5, 5.41) is 1.18. The fourth-order valence-corrected chi connectivity index (χ4v) is 2.60. The van der Waals surface area contributed by atoms with E-state index in [4.69, 9.17) is 6.63 Å². The quantitative estimate of drug-likeness (QED) is 0.780. The average Bonchev–Trinajstić information content (AvgIpc) is 2.35. The fourth-order valence-electron chi connectivity index (χ4n) is 1.92. The molecule has 1 aromatic heterocycles. The summed E-state index contributed by atoms with van der Waals surface area (Å²) in [6, 6.07) is 8.22. The van der Waals surface area contributed by atoms with Crippen LogP contribution in [-0.4, -0.2) is 37.5 Å². The van der Waals surface area contributed by atoms with Gasteiger partial charge in [-0.25, -0.2) is 4.98 Å². The zero-order valence-corrected chi connectivity index (χ0v) is 13.5. The normalized spacial score (nSPS) is 10.5. The highest BCUT2D eigenvalue weighted by atomic mass is 27.2. The van der Waals surface area contributed by atoms with Gasteiger partial charge in [-0.2, -0.15) is 0 Å². The van der Waals surface area contributed by atoms with Gasteiger partial charge in [-0.1, -0.05) is 19.1 Å². The lowest BCUT2D eigenvalue weighted by molar-refractivity contribution is 0.485. The standard InChI is InChI=1S/C12H13NO.2Al.O.2H/c1-3-9-7-8(2)13-12-10(9)5-4-6-11(12)14;;;;;/h4-7,14H,3H2,1-2H3;;;;;/q;;+1;;;/p-1. The molecule has 0 aliphatic rings. The molecule has 0 bridgehead atoms. The van der Waals surface area contributed by atoms with Crippen LogP contribution in [0.5, 0.6) is 5.75 Å². The zero-order chi connectivity index (χ0) is 12.3. The van der Waals surface area contributed by atoms with E-state index in [1.807, 2.05) is 19.1 Å². The Hall–Kier alpha value is -0.545. The molecule has 0 spiro atoms. The number of aromatic nitrogens is 1. The number of hydrogen-bond donors (Lipinski definition) is 0. The third-order valence-electron chi connectivity index (χ3n) is 2.67. The van der Waals surface area contributed by atoms with Crippen LogP contribution in [0.15, 0.2) is 24.3 Å². The molecule has 0 unspecified atom stereocenters. The highest BCUT2D eigenvalue weighted by Gasteiger charge is 2.08. The molecule has 0 atom stereocenters. The minimum Gasteiger partial charge on any atom is -0.626 e. The van der Waals surface area contributed by atoms with Crippen LogP contribution in [-0.2, 0) is 9.26 Å². The van der Waals surface area contributed by atoms with Crippen LogP contribution in [0.25, 0.3) is 10.9 Å². The lowest BCUT2D eigenvalue weighted by Crippen LogP contribution is -2.06. The summed E-state index contributed by atoms with van der Waals surface area (Å²) < 4.78 is 10.8. The van der Waals surface area contributed by atoms with E-state index < -0.39 is 15.9 Å². The lowest BCUT2D eigenvalue weighted by Gasteiger charge is -2.11. The van der Waals surface area contributed by atoms with E-state index in [1.54, 1.807) is 0 Å². The topological polar surface area (TPSA) is 31.4 Å². The maximum atomic E-state index is 5.66. The Labute approximate surface area is 116 Å². The molecule has 1 heterocycles. The van der Waals surface area contributed by atoms with Crippen LogP contribution < -0.4 is 3.79 Å². The van der Waals surface area contributed by atoms with Crippen molar-refractivity contribution in [1.29, 1.82) is 0 Å². The number of pyridine rings is 1. The Morgan fingerprint density at radius 2 is 2.24 bits per heavy atom. The van der Waals surface area contributed by atoms with E-state index in [-0.39, 0.29) is 0 Å². The molecule has 0 fully saturated rings. The molecular formula is C12H14Al2NO2. The Morgan fingerprint density at radius 1 is 1.41 bits per heavy atom. The van der Waals surface area contributed by atoms with E-state index in [0.717, 1.165) is 40.0 Å². The van der Waals surface area contributed by atoms with Crippen molar-refractivity contribution in [2.24, 2.45) is 0 Å². The van der Waals surface area contributed by atoms with Gasteiger partial charge in [-0.05, 0) is 31.0 Å². The molecule has 2 aromatic rings. The van der Waals surface area contributed by atoms with Crippen LogP contribution in [0.4, 0.5) is 0 Å². The SMILES string of the molecule is CCc1cc(C)nc2c([O][Al][O][AlH2])cccc12. The first-order valence-electron chi connectivity index (χ1n) is 5.66. The van der Waals surface area contributed by atoms with Crippen molar-refractivity contribution in [1.82, 2.24) is 4.98 Å². The minimum atomic E-state index is -0.401. The average molecular weight is 258 g/mol. The van der Waals surface area contributed by atoms with Crippen molar-refractivity contribution in [3.05, 3.63) is 35.5 Å². The van der Waals surface area contributed by atoms with E-state index in [2.05, 4.69) is 24.0 Å². The number of fused-ring (bicyclic) bond motifs is 1. The van der Waals surface area contributed by atoms with Crippen LogP contribution in [0, 0.1) is 6.92 Å². The molecule has 85 valence electrons. The van der Waals surface area contributed by atoms with Crippen LogP contribution in [0.3, 0.4) is 0 Å². The molecule has 0 amide bonds. The molecule has 1 aromatic carbocycles. The van der Waals surface area contributed by atoms with Gasteiger partial charge in [0.25, 0.3) is 0 Å². The Bertz CT molecular complexity index is 531. The summed E-state index contributed by atoms with van der Waals surface area (Å²) in [5.74, 6) is 0.840. The van der Waals surface area contributed by atoms with E-state index >= 15 is 0 Å². The zero-order valence-electron chi connectivity index (χ0n) is 10.4. The van der Waals surface area contributed by atoms with Crippen molar-refractivity contribution in [3.63, 3.8) is 0 Å². The molecule has 2 rings (SSSR count). The Balaban J connectivity index is 2.58. The number of nitrogens with zero attached hydrogens (tertiary/aromatic N) is 1. The van der Waals surface area contributed by atoms with Crippen molar-refractivity contribution < 1.29 is 6.63 Å². The van der Waals surface area contributed by atoms with Gasteiger partial charge in [0.05, 0.1) is 0 Å². The van der Waals surface area contributed by atoms with Crippen LogP contribution >= 0.6 is 0 Å². The monoisotopic (exact) mass is 258 g/mol. The van der Waals surface area contributed by atoms with Crippen molar-refractivity contribution in [2.45, 2.75) is 20.3 Å². The molecular weight excluding hydrogens is 244 g/mol. The second-order valence-corrected chi connectivity index (χ2v) is 6.19. The number of hydrogen-bond acceptors (Lipinski definition) is 3. The molecule has 0 saturated carbocycles. The molecule has 0 aliphatic heterocycles. The first-order chi connectivity index (χ1) is 8.26. The second-order valence-electron chi connectivity index (χ2n) is 3.88. The Morgan fingerprint density at radius 3 is 2.94 bits per heavy atom. The molecule has 1 radical (unpaired) electrons. The first-order valence-corrected chi connectivity index (χ1v) is 7.42. The highest BCUT2D eigenvalue weighted by Crippen LogP contribution is 2.27. The molecule has 17 heavy (non-hydrogen) atoms. The maximum absolute atomic E-state index is 5.66. The van der Waals surface area contributed by atoms with Gasteiger partial charge >= 0.3 is 32.5 Å². The van der Waals surface area contributed by atoms with Crippen molar-refractivity contribution in [2.75, 3.05) is 0 Å². The summed E-state index contributed by atoms with van der Waals surface area (Å²) in [7, 11) is 0. The molecule has 0 saturated heterocycles. The largest absolute Gasteiger partial charge is 0.741 e. The smallest absolute Gasteiger partial charge is 0.626 e. The predicted octanol–water partition coefficient (Wildman–Crippen LogP) is 1.58. The lowest BCUT2D eigenvalue weighted by atomic mass is 10.1. The first kappa shape index (κ1) is 12.9. The molecule has 0 aliphatic carbocycles. The van der Waals surface area contributed by atoms with E-state index in [0.29, 0.717) is 0 Å². The van der Waals surface area contributed by atoms with E-state index in [1.165, 1.54) is 10.9 Å². The van der Waals surface area contributed by atoms with Gasteiger partial charge < -0.3 is 6.63 Å². The van der Waals surface area contributed by atoms with Crippen molar-refractivity contribution >= 4 is 43.4 Å². The summed E-state index contributed by atoms with van der Waals surface area (Å²) >= 11 is 0.318. The molecule has 3 nitrogen and oxygen atoms in total. The third-order valence-corrected chi connectivity index (χ3v) is 3.79. The number of benzene rings is 1. The van der Waals surface area contributed by atoms with Gasteiger partial charge in [0.2, 0.25) is 0 Å². The number of para-hydroxylation sites is 1. The number of aryl methyl sites for hydroxylation is 2. The number of rotatable bonds is 4. The van der Waals surface area contributed by atoms with Gasteiger partial charge in [-0.15, -0.1) is 0 Å². The van der Waals surface area contributed by atoms with Crippen LogP contribution in [0.2, 0.25) is 0 Å². The van der Waals surface area contributed by atoms with Crippen molar-refractivity contribution in [3.8, 4) is 5.75 Å². The Kier molecular flexibility index (Phi) is 4.45. The molecule has 0 N–H and O–H groups in total. The fraction of sp³-hybridized carbons (Fsp3) is 0.250. The maximum Gasteiger partial charge on any atom is 0.741 e. The molecule has 5 heteroatoms. The minimum absolute atomic E-state index is 0.401. The van der Waals surface area contributed by atoms with Crippen LogP contribution in [0.1, 0.15) is 18.2 Å². The van der Waals surface area contributed by atoms with Gasteiger partial charge in [-0.3, -0.25) is 0 Å². The van der Waals surface area contributed by atoms with Gasteiger partial charge in [0.15, 0.2) is 0 Å².